The summed E-state index contributed by atoms with van der Waals surface area (Å²) < 4.78 is 0. The molecule has 0 unspecified atom stereocenters. The van der Waals surface area contributed by atoms with Crippen LogP contribution in [0.3, 0.4) is 0 Å². The molecule has 0 spiro atoms. The fourth-order valence-corrected chi connectivity index (χ4v) is 1.68. The minimum absolute atomic E-state index is 0.956. The van der Waals surface area contributed by atoms with Crippen molar-refractivity contribution in [3.63, 3.8) is 0 Å². The van der Waals surface area contributed by atoms with E-state index in [-0.39, 0.29) is 0 Å². The number of rotatable bonds is 2. The van der Waals surface area contributed by atoms with Crippen molar-refractivity contribution in [1.82, 2.24) is 9.89 Å². The van der Waals surface area contributed by atoms with Crippen LogP contribution in [-0.4, -0.2) is 16.1 Å². The van der Waals surface area contributed by atoms with Crippen molar-refractivity contribution in [2.75, 3.05) is 0 Å². The van der Waals surface area contributed by atoms with Gasteiger partial charge in [-0.2, -0.15) is 15.0 Å². The fraction of sp³-hybridized carbons (Fsp3) is 0. The van der Waals surface area contributed by atoms with E-state index < -0.39 is 0 Å². The van der Waals surface area contributed by atoms with E-state index in [1.54, 1.807) is 11.0 Å². The Morgan fingerprint density at radius 1 is 0.941 bits per heavy atom. The van der Waals surface area contributed by atoms with Gasteiger partial charge in [0.1, 0.15) is 0 Å². The zero-order chi connectivity index (χ0) is 11.5. The second-order valence-corrected chi connectivity index (χ2v) is 3.76. The van der Waals surface area contributed by atoms with Crippen LogP contribution in [0, 0.1) is 0 Å². The molecule has 2 aromatic carbocycles. The fourth-order valence-electron chi connectivity index (χ4n) is 1.68. The summed E-state index contributed by atoms with van der Waals surface area (Å²) in [6, 6.07) is 17.9. The van der Waals surface area contributed by atoms with Gasteiger partial charge in [0.2, 0.25) is 0 Å². The van der Waals surface area contributed by atoms with E-state index in [0.717, 1.165) is 16.5 Å². The third-order valence-corrected chi connectivity index (χ3v) is 2.53. The second-order valence-electron chi connectivity index (χ2n) is 3.76. The van der Waals surface area contributed by atoms with Crippen LogP contribution in [0.1, 0.15) is 5.56 Å². The Kier molecular flexibility index (Phi) is 2.43. The van der Waals surface area contributed by atoms with Gasteiger partial charge in [0, 0.05) is 5.39 Å². The largest absolute Gasteiger partial charge is 0.158 e. The lowest BCUT2D eigenvalue weighted by molar-refractivity contribution is 0.756. The molecule has 0 aliphatic heterocycles. The average Bonchev–Trinajstić information content (AvgIpc) is 2.80. The predicted molar refractivity (Wildman–Crippen MR) is 69.2 cm³/mol. The average molecular weight is 221 g/mol. The standard InChI is InChI=1S/C14H11N3/c1-2-6-12(7-3-1)10-15-17-11-13-8-4-5-9-14(13)16-17/h1-11H. The summed E-state index contributed by atoms with van der Waals surface area (Å²) in [6.07, 6.45) is 3.71. The van der Waals surface area contributed by atoms with Gasteiger partial charge < -0.3 is 0 Å². The van der Waals surface area contributed by atoms with Crippen LogP contribution in [0.2, 0.25) is 0 Å². The van der Waals surface area contributed by atoms with Crippen molar-refractivity contribution in [3.05, 3.63) is 66.4 Å². The zero-order valence-electron chi connectivity index (χ0n) is 9.19. The van der Waals surface area contributed by atoms with Crippen LogP contribution in [-0.2, 0) is 0 Å². The van der Waals surface area contributed by atoms with E-state index in [4.69, 9.17) is 0 Å². The summed E-state index contributed by atoms with van der Waals surface area (Å²) in [5.74, 6) is 0. The SMILES string of the molecule is C(=Nn1cc2ccccc2n1)c1ccccc1. The van der Waals surface area contributed by atoms with E-state index in [1.807, 2.05) is 60.8 Å². The molecule has 0 amide bonds. The number of benzene rings is 2. The third-order valence-electron chi connectivity index (χ3n) is 2.53. The zero-order valence-corrected chi connectivity index (χ0v) is 9.19. The van der Waals surface area contributed by atoms with Gasteiger partial charge in [0.25, 0.3) is 0 Å². The highest BCUT2D eigenvalue weighted by Crippen LogP contribution is 2.10. The molecule has 1 heterocycles. The quantitative estimate of drug-likeness (QED) is 0.612. The molecule has 3 rings (SSSR count). The Hall–Kier alpha value is -2.42. The Morgan fingerprint density at radius 2 is 1.71 bits per heavy atom. The smallest absolute Gasteiger partial charge is 0.0945 e. The molecule has 0 aliphatic carbocycles. The van der Waals surface area contributed by atoms with Gasteiger partial charge in [-0.05, 0) is 11.6 Å². The van der Waals surface area contributed by atoms with E-state index >= 15 is 0 Å². The molecule has 82 valence electrons. The van der Waals surface area contributed by atoms with Crippen molar-refractivity contribution >= 4 is 17.1 Å². The molecule has 17 heavy (non-hydrogen) atoms. The Labute approximate surface area is 99.0 Å². The van der Waals surface area contributed by atoms with Gasteiger partial charge in [-0.25, -0.2) is 0 Å². The van der Waals surface area contributed by atoms with Gasteiger partial charge in [0.15, 0.2) is 0 Å². The van der Waals surface area contributed by atoms with Gasteiger partial charge in [-0.15, -0.1) is 0 Å². The molecule has 3 nitrogen and oxygen atoms in total. The maximum atomic E-state index is 4.35. The van der Waals surface area contributed by atoms with Crippen molar-refractivity contribution in [2.24, 2.45) is 5.10 Å². The summed E-state index contributed by atoms with van der Waals surface area (Å²) in [5, 5.41) is 9.74. The molecular weight excluding hydrogens is 210 g/mol. The van der Waals surface area contributed by atoms with Crippen LogP contribution in [0.4, 0.5) is 0 Å². The molecule has 1 aromatic heterocycles. The topological polar surface area (TPSA) is 30.2 Å². The molecule has 0 saturated carbocycles. The van der Waals surface area contributed by atoms with Gasteiger partial charge in [0.05, 0.1) is 17.9 Å². The lowest BCUT2D eigenvalue weighted by Crippen LogP contribution is -1.90. The maximum Gasteiger partial charge on any atom is 0.0945 e. The molecule has 0 fully saturated rings. The van der Waals surface area contributed by atoms with E-state index in [2.05, 4.69) is 10.2 Å². The first-order valence-corrected chi connectivity index (χ1v) is 5.46. The number of hydrogen-bond acceptors (Lipinski definition) is 2. The number of aromatic nitrogens is 2. The minimum atomic E-state index is 0.956. The first-order chi connectivity index (χ1) is 8.42. The van der Waals surface area contributed by atoms with E-state index in [0.29, 0.717) is 0 Å². The predicted octanol–water partition coefficient (Wildman–Crippen LogP) is 2.92. The summed E-state index contributed by atoms with van der Waals surface area (Å²) in [6.45, 7) is 0. The van der Waals surface area contributed by atoms with Gasteiger partial charge >= 0.3 is 0 Å². The Morgan fingerprint density at radius 3 is 2.53 bits per heavy atom. The first-order valence-electron chi connectivity index (χ1n) is 5.46. The van der Waals surface area contributed by atoms with Gasteiger partial charge in [-0.1, -0.05) is 48.5 Å². The highest BCUT2D eigenvalue weighted by molar-refractivity contribution is 5.80. The number of nitrogens with zero attached hydrogens (tertiary/aromatic N) is 3. The molecule has 3 heteroatoms. The van der Waals surface area contributed by atoms with Crippen molar-refractivity contribution in [1.29, 1.82) is 0 Å². The molecule has 3 aromatic rings. The normalized spacial score (nSPS) is 11.3. The van der Waals surface area contributed by atoms with Crippen LogP contribution in [0.25, 0.3) is 10.9 Å². The summed E-state index contributed by atoms with van der Waals surface area (Å²) in [4.78, 5) is 1.59. The van der Waals surface area contributed by atoms with Gasteiger partial charge in [-0.3, -0.25) is 0 Å². The Bertz CT molecular complexity index is 620. The van der Waals surface area contributed by atoms with Crippen molar-refractivity contribution in [2.45, 2.75) is 0 Å². The minimum Gasteiger partial charge on any atom is -0.158 e. The number of fused-ring (bicyclic) bond motifs is 1. The lowest BCUT2D eigenvalue weighted by Gasteiger charge is -1.91. The number of hydrogen-bond donors (Lipinski definition) is 0. The molecule has 0 aliphatic rings. The van der Waals surface area contributed by atoms with E-state index in [9.17, 15) is 0 Å². The van der Waals surface area contributed by atoms with Crippen LogP contribution >= 0.6 is 0 Å². The molecular formula is C14H11N3. The van der Waals surface area contributed by atoms with Crippen LogP contribution < -0.4 is 0 Å². The summed E-state index contributed by atoms with van der Waals surface area (Å²) >= 11 is 0. The molecule has 0 radical (unpaired) electrons. The van der Waals surface area contributed by atoms with Crippen molar-refractivity contribution < 1.29 is 0 Å². The lowest BCUT2D eigenvalue weighted by atomic mass is 10.2. The summed E-state index contributed by atoms with van der Waals surface area (Å²) in [5.41, 5.74) is 2.02. The molecule has 0 saturated heterocycles. The summed E-state index contributed by atoms with van der Waals surface area (Å²) in [7, 11) is 0. The van der Waals surface area contributed by atoms with E-state index in [1.165, 1.54) is 0 Å². The molecule has 0 bridgehead atoms. The van der Waals surface area contributed by atoms with Crippen LogP contribution in [0.15, 0.2) is 65.9 Å². The monoisotopic (exact) mass is 221 g/mol. The van der Waals surface area contributed by atoms with Crippen molar-refractivity contribution in [3.8, 4) is 0 Å². The Balaban J connectivity index is 1.92. The second kappa shape index (κ2) is 4.22. The van der Waals surface area contributed by atoms with Crippen LogP contribution in [0.5, 0.6) is 0 Å². The highest BCUT2D eigenvalue weighted by Gasteiger charge is 1.96. The first kappa shape index (κ1) is 9.78. The molecule has 0 atom stereocenters. The maximum absolute atomic E-state index is 4.35. The third kappa shape index (κ3) is 2.08. The molecule has 0 N–H and O–H groups in total. The highest BCUT2D eigenvalue weighted by atomic mass is 15.5.